The zero-order valence-corrected chi connectivity index (χ0v) is 16.1. The van der Waals surface area contributed by atoms with E-state index in [9.17, 15) is 4.79 Å². The molecule has 0 aliphatic heterocycles. The summed E-state index contributed by atoms with van der Waals surface area (Å²) in [6.45, 7) is 0. The number of methoxy groups -OCH3 is 1. The van der Waals surface area contributed by atoms with Crippen LogP contribution in [0.25, 0.3) is 39.5 Å². The second kappa shape index (κ2) is 7.33. The fraction of sp³-hybridized carbons (Fsp3) is 0.0417. The first-order chi connectivity index (χ1) is 14.7. The summed E-state index contributed by atoms with van der Waals surface area (Å²) < 4.78 is 12.8. The summed E-state index contributed by atoms with van der Waals surface area (Å²) in [5, 5.41) is 0.698. The van der Waals surface area contributed by atoms with Gasteiger partial charge >= 0.3 is 0 Å². The molecule has 0 radical (unpaired) electrons. The molecule has 0 aliphatic rings. The Kier molecular flexibility index (Phi) is 4.37. The molecule has 0 saturated heterocycles. The highest BCUT2D eigenvalue weighted by Crippen LogP contribution is 2.31. The van der Waals surface area contributed by atoms with Crippen LogP contribution in [0.15, 0.2) is 94.4 Å². The molecule has 6 heteroatoms. The lowest BCUT2D eigenvalue weighted by Crippen LogP contribution is -2.19. The number of aromatic nitrogens is 3. The largest absolute Gasteiger partial charge is 0.495 e. The van der Waals surface area contributed by atoms with Gasteiger partial charge in [0, 0.05) is 22.7 Å². The summed E-state index contributed by atoms with van der Waals surface area (Å²) in [7, 11) is 1.57. The SMILES string of the molecule is COc1cnc2c(=O)n(-c3nc(-c4ccccc4)oc3-c3ccccc3)ccc2c1. The summed E-state index contributed by atoms with van der Waals surface area (Å²) >= 11 is 0. The zero-order valence-electron chi connectivity index (χ0n) is 16.1. The number of hydrogen-bond donors (Lipinski definition) is 0. The molecular weight excluding hydrogens is 378 g/mol. The molecule has 2 aromatic carbocycles. The molecule has 0 fully saturated rings. The molecule has 3 heterocycles. The van der Waals surface area contributed by atoms with Crippen molar-refractivity contribution in [3.05, 3.63) is 95.5 Å². The summed E-state index contributed by atoms with van der Waals surface area (Å²) in [4.78, 5) is 22.2. The van der Waals surface area contributed by atoms with E-state index in [1.54, 1.807) is 19.4 Å². The van der Waals surface area contributed by atoms with Crippen molar-refractivity contribution in [1.82, 2.24) is 14.5 Å². The number of benzene rings is 2. The molecule has 6 nitrogen and oxygen atoms in total. The Labute approximate surface area is 172 Å². The lowest BCUT2D eigenvalue weighted by molar-refractivity contribution is 0.413. The fourth-order valence-electron chi connectivity index (χ4n) is 3.34. The van der Waals surface area contributed by atoms with Crippen molar-refractivity contribution in [2.45, 2.75) is 0 Å². The van der Waals surface area contributed by atoms with Crippen LogP contribution in [0.1, 0.15) is 0 Å². The smallest absolute Gasteiger partial charge is 0.282 e. The lowest BCUT2D eigenvalue weighted by Gasteiger charge is -2.07. The van der Waals surface area contributed by atoms with Crippen LogP contribution < -0.4 is 10.3 Å². The normalized spacial score (nSPS) is 11.0. The van der Waals surface area contributed by atoms with Gasteiger partial charge in [0.25, 0.3) is 5.56 Å². The van der Waals surface area contributed by atoms with E-state index in [1.807, 2.05) is 66.7 Å². The first-order valence-electron chi connectivity index (χ1n) is 9.42. The maximum atomic E-state index is 13.2. The topological polar surface area (TPSA) is 70.2 Å². The summed E-state index contributed by atoms with van der Waals surface area (Å²) in [5.74, 6) is 1.98. The number of pyridine rings is 2. The first kappa shape index (κ1) is 17.9. The Morgan fingerprint density at radius 2 is 1.63 bits per heavy atom. The van der Waals surface area contributed by atoms with Crippen LogP contribution in [-0.2, 0) is 0 Å². The number of oxazole rings is 1. The van der Waals surface area contributed by atoms with Gasteiger partial charge < -0.3 is 9.15 Å². The van der Waals surface area contributed by atoms with Crippen LogP contribution >= 0.6 is 0 Å². The Bertz CT molecular complexity index is 1390. The van der Waals surface area contributed by atoms with Crippen LogP contribution in [0, 0.1) is 0 Å². The summed E-state index contributed by atoms with van der Waals surface area (Å²) in [6.07, 6.45) is 3.22. The Balaban J connectivity index is 1.75. The van der Waals surface area contributed by atoms with Crippen LogP contribution in [0.2, 0.25) is 0 Å². The molecular formula is C24H17N3O3. The van der Waals surface area contributed by atoms with Crippen molar-refractivity contribution >= 4 is 10.9 Å². The monoisotopic (exact) mass is 395 g/mol. The van der Waals surface area contributed by atoms with Crippen molar-refractivity contribution in [3.63, 3.8) is 0 Å². The van der Waals surface area contributed by atoms with Crippen molar-refractivity contribution in [3.8, 4) is 34.3 Å². The third-order valence-corrected chi connectivity index (χ3v) is 4.85. The number of rotatable bonds is 4. The first-order valence-corrected chi connectivity index (χ1v) is 9.42. The predicted molar refractivity (Wildman–Crippen MR) is 115 cm³/mol. The zero-order chi connectivity index (χ0) is 20.5. The molecule has 5 rings (SSSR count). The molecule has 0 amide bonds. The predicted octanol–water partition coefficient (Wildman–Crippen LogP) is 4.72. The molecule has 0 atom stereocenters. The second-order valence-corrected chi connectivity index (χ2v) is 6.71. The Morgan fingerprint density at radius 3 is 2.33 bits per heavy atom. The van der Waals surface area contributed by atoms with Gasteiger partial charge in [-0.3, -0.25) is 9.36 Å². The summed E-state index contributed by atoms with van der Waals surface area (Å²) in [5.41, 5.74) is 1.72. The fourth-order valence-corrected chi connectivity index (χ4v) is 3.34. The van der Waals surface area contributed by atoms with Gasteiger partial charge in [-0.05, 0) is 24.3 Å². The van der Waals surface area contributed by atoms with Crippen LogP contribution in [-0.4, -0.2) is 21.6 Å². The number of fused-ring (bicyclic) bond motifs is 1. The van der Waals surface area contributed by atoms with Crippen molar-refractivity contribution in [2.75, 3.05) is 7.11 Å². The van der Waals surface area contributed by atoms with Gasteiger partial charge in [-0.25, -0.2) is 4.98 Å². The molecule has 3 aromatic heterocycles. The van der Waals surface area contributed by atoms with Crippen molar-refractivity contribution in [1.29, 1.82) is 0 Å². The molecule has 0 saturated carbocycles. The lowest BCUT2D eigenvalue weighted by atomic mass is 10.2. The molecule has 5 aromatic rings. The molecule has 0 spiro atoms. The minimum Gasteiger partial charge on any atom is -0.495 e. The molecule has 146 valence electrons. The van der Waals surface area contributed by atoms with Gasteiger partial charge in [0.05, 0.1) is 13.3 Å². The molecule has 0 N–H and O–H groups in total. The second-order valence-electron chi connectivity index (χ2n) is 6.71. The van der Waals surface area contributed by atoms with Gasteiger partial charge in [0.2, 0.25) is 5.89 Å². The molecule has 0 aliphatic carbocycles. The highest BCUT2D eigenvalue weighted by molar-refractivity contribution is 5.79. The van der Waals surface area contributed by atoms with Crippen molar-refractivity contribution in [2.24, 2.45) is 0 Å². The minimum atomic E-state index is -0.278. The van der Waals surface area contributed by atoms with Gasteiger partial charge in [-0.1, -0.05) is 48.5 Å². The average Bonchev–Trinajstić information content (AvgIpc) is 3.25. The maximum Gasteiger partial charge on any atom is 0.282 e. The van der Waals surface area contributed by atoms with Crippen LogP contribution in [0.5, 0.6) is 5.75 Å². The Hall–Kier alpha value is -4.19. The van der Waals surface area contributed by atoms with Crippen molar-refractivity contribution < 1.29 is 9.15 Å². The quantitative estimate of drug-likeness (QED) is 0.440. The number of nitrogens with zero attached hydrogens (tertiary/aromatic N) is 3. The third kappa shape index (κ3) is 3.04. The van der Waals surface area contributed by atoms with E-state index >= 15 is 0 Å². The van der Waals surface area contributed by atoms with E-state index in [2.05, 4.69) is 9.97 Å². The molecule has 0 bridgehead atoms. The highest BCUT2D eigenvalue weighted by Gasteiger charge is 2.20. The highest BCUT2D eigenvalue weighted by atomic mass is 16.5. The van der Waals surface area contributed by atoms with Gasteiger partial charge in [0.15, 0.2) is 11.6 Å². The number of hydrogen-bond acceptors (Lipinski definition) is 5. The number of ether oxygens (including phenoxy) is 1. The van der Waals surface area contributed by atoms with E-state index in [-0.39, 0.29) is 5.56 Å². The van der Waals surface area contributed by atoms with Crippen LogP contribution in [0.3, 0.4) is 0 Å². The van der Waals surface area contributed by atoms with E-state index in [1.165, 1.54) is 10.8 Å². The van der Waals surface area contributed by atoms with E-state index < -0.39 is 0 Å². The van der Waals surface area contributed by atoms with Gasteiger partial charge in [0.1, 0.15) is 11.3 Å². The third-order valence-electron chi connectivity index (χ3n) is 4.85. The van der Waals surface area contributed by atoms with E-state index in [0.717, 1.165) is 11.1 Å². The van der Waals surface area contributed by atoms with Gasteiger partial charge in [-0.2, -0.15) is 4.98 Å². The molecule has 30 heavy (non-hydrogen) atoms. The van der Waals surface area contributed by atoms with Crippen LogP contribution in [0.4, 0.5) is 0 Å². The maximum absolute atomic E-state index is 13.2. The van der Waals surface area contributed by atoms with E-state index in [0.29, 0.717) is 34.1 Å². The van der Waals surface area contributed by atoms with E-state index in [4.69, 9.17) is 9.15 Å². The minimum absolute atomic E-state index is 0.278. The molecule has 0 unspecified atom stereocenters. The standard InChI is InChI=1S/C24H17N3O3/c1-29-19-14-18-12-13-27(24(28)20(18)25-15-19)22-21(16-8-4-2-5-9-16)30-23(26-22)17-10-6-3-7-11-17/h2-15H,1H3. The summed E-state index contributed by atoms with van der Waals surface area (Å²) in [6, 6.07) is 22.8. The Morgan fingerprint density at radius 1 is 0.933 bits per heavy atom. The van der Waals surface area contributed by atoms with Gasteiger partial charge in [-0.15, -0.1) is 0 Å². The average molecular weight is 395 g/mol.